The first-order valence-electron chi connectivity index (χ1n) is 11.5. The molecular weight excluding hydrogens is 451 g/mol. The highest BCUT2D eigenvalue weighted by atomic mass is 19.4. The molecular formula is C22H28F3N7O2. The number of H-pyrrole nitrogens is 1. The number of fused-ring (bicyclic) bond motifs is 1. The predicted molar refractivity (Wildman–Crippen MR) is 120 cm³/mol. The number of carbonyl (C=O) groups is 1. The van der Waals surface area contributed by atoms with Gasteiger partial charge >= 0.3 is 12.2 Å². The number of urea groups is 1. The van der Waals surface area contributed by atoms with Crippen molar-refractivity contribution in [1.29, 1.82) is 0 Å². The zero-order chi connectivity index (χ0) is 24.5. The topological polar surface area (TPSA) is 112 Å². The summed E-state index contributed by atoms with van der Waals surface area (Å²) < 4.78 is 39.4. The van der Waals surface area contributed by atoms with Crippen LogP contribution in [0.25, 0.3) is 22.3 Å². The van der Waals surface area contributed by atoms with Crippen LogP contribution in [0.2, 0.25) is 0 Å². The largest absolute Gasteiger partial charge is 0.416 e. The molecule has 1 spiro atoms. The summed E-state index contributed by atoms with van der Waals surface area (Å²) in [6.45, 7) is 3.98. The first-order valence-corrected chi connectivity index (χ1v) is 11.5. The number of amides is 2. The van der Waals surface area contributed by atoms with Gasteiger partial charge in [-0.1, -0.05) is 13.8 Å². The standard InChI is InChI=1S/C20H22F3N7O2.C2H6/c21-20(22,23)16(31)11-30-15-7-13(24-8-12(15)9-26-30)17-14(10-25-28-17)27-18(32)29-6-2-1-3-19(29)4-5-19;1-2/h7-10,16,31H,1-6,11H2,(H,25,28)(H,27,32);1-2H3. The summed E-state index contributed by atoms with van der Waals surface area (Å²) in [6.07, 6.45) is 2.21. The van der Waals surface area contributed by atoms with Gasteiger partial charge in [-0.15, -0.1) is 0 Å². The number of alkyl halides is 3. The lowest BCUT2D eigenvalue weighted by Gasteiger charge is -2.36. The molecule has 1 unspecified atom stereocenters. The van der Waals surface area contributed by atoms with E-state index in [1.54, 1.807) is 6.07 Å². The molecule has 1 aliphatic heterocycles. The zero-order valence-corrected chi connectivity index (χ0v) is 19.1. The molecule has 4 heterocycles. The van der Waals surface area contributed by atoms with E-state index in [1.807, 2.05) is 18.7 Å². The van der Waals surface area contributed by atoms with Gasteiger partial charge in [-0.3, -0.25) is 14.8 Å². The second kappa shape index (κ2) is 9.24. The van der Waals surface area contributed by atoms with E-state index in [-0.39, 0.29) is 11.6 Å². The van der Waals surface area contributed by atoms with Crippen LogP contribution in [0.15, 0.2) is 24.7 Å². The number of nitrogens with zero attached hydrogens (tertiary/aromatic N) is 5. The molecule has 3 N–H and O–H groups in total. The van der Waals surface area contributed by atoms with Gasteiger partial charge in [0.15, 0.2) is 6.10 Å². The number of aliphatic hydroxyl groups excluding tert-OH is 1. The third-order valence-electron chi connectivity index (χ3n) is 6.31. The van der Waals surface area contributed by atoms with Crippen LogP contribution in [0.3, 0.4) is 0 Å². The summed E-state index contributed by atoms with van der Waals surface area (Å²) >= 11 is 0. The first kappa shape index (κ1) is 24.0. The number of aliphatic hydroxyl groups is 1. The van der Waals surface area contributed by atoms with Crippen molar-refractivity contribution in [3.05, 3.63) is 24.7 Å². The van der Waals surface area contributed by atoms with Gasteiger partial charge in [0.25, 0.3) is 0 Å². The summed E-state index contributed by atoms with van der Waals surface area (Å²) in [5.74, 6) is 0. The fourth-order valence-corrected chi connectivity index (χ4v) is 4.36. The first-order chi connectivity index (χ1) is 16.3. The molecule has 5 rings (SSSR count). The lowest BCUT2D eigenvalue weighted by molar-refractivity contribution is -0.207. The number of carbonyl (C=O) groups excluding carboxylic acids is 1. The average Bonchev–Trinajstić information content (AvgIpc) is 3.24. The number of piperidine rings is 1. The van der Waals surface area contributed by atoms with E-state index in [1.165, 1.54) is 18.6 Å². The number of rotatable bonds is 4. The molecule has 2 amide bonds. The average molecular weight is 480 g/mol. The van der Waals surface area contributed by atoms with Crippen LogP contribution in [0.4, 0.5) is 23.7 Å². The smallest absolute Gasteiger partial charge is 0.382 e. The Hall–Kier alpha value is -3.15. The van der Waals surface area contributed by atoms with Crippen LogP contribution in [0, 0.1) is 0 Å². The zero-order valence-electron chi connectivity index (χ0n) is 19.1. The second-order valence-electron chi connectivity index (χ2n) is 8.43. The molecule has 2 aliphatic rings. The summed E-state index contributed by atoms with van der Waals surface area (Å²) in [7, 11) is 0. The van der Waals surface area contributed by atoms with Crippen LogP contribution in [0.5, 0.6) is 0 Å². The molecule has 1 saturated carbocycles. The van der Waals surface area contributed by atoms with Gasteiger partial charge in [0.2, 0.25) is 0 Å². The molecule has 1 saturated heterocycles. The van der Waals surface area contributed by atoms with Crippen molar-refractivity contribution in [3.63, 3.8) is 0 Å². The van der Waals surface area contributed by atoms with Crippen LogP contribution >= 0.6 is 0 Å². The molecule has 1 aliphatic carbocycles. The summed E-state index contributed by atoms with van der Waals surface area (Å²) in [5, 5.41) is 23.6. The molecule has 12 heteroatoms. The summed E-state index contributed by atoms with van der Waals surface area (Å²) in [4.78, 5) is 19.2. The van der Waals surface area contributed by atoms with Gasteiger partial charge in [0, 0.05) is 23.7 Å². The Bertz CT molecular complexity index is 1150. The molecule has 9 nitrogen and oxygen atoms in total. The van der Waals surface area contributed by atoms with E-state index in [0.29, 0.717) is 34.5 Å². The third kappa shape index (κ3) is 4.59. The molecule has 3 aromatic heterocycles. The van der Waals surface area contributed by atoms with Crippen LogP contribution < -0.4 is 5.32 Å². The Morgan fingerprint density at radius 1 is 1.24 bits per heavy atom. The monoisotopic (exact) mass is 479 g/mol. The summed E-state index contributed by atoms with van der Waals surface area (Å²) in [5.41, 5.74) is 1.61. The Balaban J connectivity index is 0.00000133. The highest BCUT2D eigenvalue weighted by Gasteiger charge is 2.51. The second-order valence-corrected chi connectivity index (χ2v) is 8.43. The number of halogens is 3. The number of pyridine rings is 1. The van der Waals surface area contributed by atoms with Gasteiger partial charge in [-0.2, -0.15) is 23.4 Å². The van der Waals surface area contributed by atoms with Gasteiger partial charge in [-0.25, -0.2) is 4.79 Å². The van der Waals surface area contributed by atoms with E-state index in [4.69, 9.17) is 0 Å². The van der Waals surface area contributed by atoms with E-state index < -0.39 is 18.8 Å². The number of aromatic amines is 1. The van der Waals surface area contributed by atoms with E-state index in [2.05, 4.69) is 25.6 Å². The number of hydrogen-bond donors (Lipinski definition) is 3. The maximum Gasteiger partial charge on any atom is 0.416 e. The molecule has 0 aromatic carbocycles. The molecule has 2 fully saturated rings. The van der Waals surface area contributed by atoms with Crippen LogP contribution in [-0.2, 0) is 6.54 Å². The quantitative estimate of drug-likeness (QED) is 0.516. The van der Waals surface area contributed by atoms with Crippen molar-refractivity contribution >= 4 is 22.6 Å². The van der Waals surface area contributed by atoms with Crippen LogP contribution in [-0.4, -0.2) is 65.4 Å². The number of aromatic nitrogens is 5. The summed E-state index contributed by atoms with van der Waals surface area (Å²) in [6, 6.07) is 1.36. The fraction of sp³-hybridized carbons (Fsp3) is 0.545. The fourth-order valence-electron chi connectivity index (χ4n) is 4.36. The Morgan fingerprint density at radius 2 is 2.00 bits per heavy atom. The lowest BCUT2D eigenvalue weighted by Crippen LogP contribution is -2.47. The Kier molecular flexibility index (Phi) is 6.52. The predicted octanol–water partition coefficient (Wildman–Crippen LogP) is 4.32. The van der Waals surface area contributed by atoms with Gasteiger partial charge in [0.05, 0.1) is 35.8 Å². The maximum absolute atomic E-state index is 12.9. The lowest BCUT2D eigenvalue weighted by atomic mass is 10.0. The van der Waals surface area contributed by atoms with Crippen molar-refractivity contribution < 1.29 is 23.1 Å². The van der Waals surface area contributed by atoms with Crippen molar-refractivity contribution in [3.8, 4) is 11.4 Å². The van der Waals surface area contributed by atoms with Gasteiger partial charge < -0.3 is 15.3 Å². The van der Waals surface area contributed by atoms with Crippen molar-refractivity contribution in [2.45, 2.75) is 70.3 Å². The van der Waals surface area contributed by atoms with Crippen molar-refractivity contribution in [2.24, 2.45) is 0 Å². The molecule has 184 valence electrons. The van der Waals surface area contributed by atoms with Gasteiger partial charge in [-0.05, 0) is 38.2 Å². The highest BCUT2D eigenvalue weighted by molar-refractivity contribution is 5.94. The molecule has 3 aromatic rings. The minimum atomic E-state index is -4.75. The minimum Gasteiger partial charge on any atom is -0.382 e. The normalized spacial score (nSPS) is 17.9. The number of likely N-dealkylation sites (tertiary alicyclic amines) is 1. The Labute approximate surface area is 194 Å². The molecule has 0 radical (unpaired) electrons. The molecule has 1 atom stereocenters. The molecule has 0 bridgehead atoms. The van der Waals surface area contributed by atoms with E-state index >= 15 is 0 Å². The SMILES string of the molecule is CC.O=C(Nc1cn[nH]c1-c1cc2c(cn1)cnn2CC(O)C(F)(F)F)N1CCCCC12CC2. The van der Waals surface area contributed by atoms with E-state index in [9.17, 15) is 23.1 Å². The molecule has 34 heavy (non-hydrogen) atoms. The van der Waals surface area contributed by atoms with Crippen molar-refractivity contribution in [1.82, 2.24) is 29.9 Å². The maximum atomic E-state index is 12.9. The Morgan fingerprint density at radius 3 is 2.71 bits per heavy atom. The highest BCUT2D eigenvalue weighted by Crippen LogP contribution is 2.48. The van der Waals surface area contributed by atoms with Gasteiger partial charge in [0.1, 0.15) is 5.69 Å². The van der Waals surface area contributed by atoms with Crippen LogP contribution in [0.1, 0.15) is 46.0 Å². The van der Waals surface area contributed by atoms with E-state index in [0.717, 1.165) is 36.8 Å². The van der Waals surface area contributed by atoms with Crippen molar-refractivity contribution in [2.75, 3.05) is 11.9 Å². The third-order valence-corrected chi connectivity index (χ3v) is 6.31. The number of anilines is 1. The minimum absolute atomic E-state index is 0.0186. The number of hydrogen-bond acceptors (Lipinski definition) is 5. The number of nitrogens with one attached hydrogen (secondary N) is 2.